The zero-order valence-corrected chi connectivity index (χ0v) is 18.1. The predicted octanol–water partition coefficient (Wildman–Crippen LogP) is 3.08. The first-order valence-corrected chi connectivity index (χ1v) is 11.5. The van der Waals surface area contributed by atoms with Gasteiger partial charge in [-0.25, -0.2) is 13.4 Å². The second kappa shape index (κ2) is 9.13. The lowest BCUT2D eigenvalue weighted by Gasteiger charge is -2.22. The summed E-state index contributed by atoms with van der Waals surface area (Å²) in [6, 6.07) is 14.9. The highest BCUT2D eigenvalue weighted by Crippen LogP contribution is 2.21. The van der Waals surface area contributed by atoms with E-state index in [2.05, 4.69) is 24.1 Å². The number of aromatic nitrogens is 2. The Balaban J connectivity index is 1.63. The van der Waals surface area contributed by atoms with Gasteiger partial charge in [0.25, 0.3) is 0 Å². The molecule has 0 aliphatic heterocycles. The molecule has 1 amide bonds. The minimum absolute atomic E-state index is 0.271. The van der Waals surface area contributed by atoms with E-state index < -0.39 is 10.0 Å². The summed E-state index contributed by atoms with van der Waals surface area (Å²) in [5.74, 6) is -0.0266. The van der Waals surface area contributed by atoms with Gasteiger partial charge >= 0.3 is 0 Å². The number of anilines is 1. The highest BCUT2D eigenvalue weighted by atomic mass is 32.2. The number of nitrogens with one attached hydrogen (secondary N) is 1. The van der Waals surface area contributed by atoms with Crippen LogP contribution < -0.4 is 9.62 Å². The number of carbonyl (C=O) groups is 1. The van der Waals surface area contributed by atoms with Gasteiger partial charge in [-0.2, -0.15) is 0 Å². The summed E-state index contributed by atoms with van der Waals surface area (Å²) in [5.41, 5.74) is 3.47. The van der Waals surface area contributed by atoms with Crippen molar-refractivity contribution in [3.05, 3.63) is 78.4 Å². The van der Waals surface area contributed by atoms with Crippen molar-refractivity contribution in [3.63, 3.8) is 0 Å². The highest BCUT2D eigenvalue weighted by Gasteiger charge is 2.20. The van der Waals surface area contributed by atoms with E-state index in [4.69, 9.17) is 0 Å². The first-order valence-electron chi connectivity index (χ1n) is 9.65. The molecule has 1 N–H and O–H groups in total. The number of rotatable bonds is 8. The fraction of sp³-hybridized carbons (Fsp3) is 0.273. The molecular formula is C22H26N4O3S. The van der Waals surface area contributed by atoms with Crippen LogP contribution in [-0.4, -0.2) is 36.7 Å². The van der Waals surface area contributed by atoms with E-state index in [1.807, 2.05) is 47.2 Å². The quantitative estimate of drug-likeness (QED) is 0.600. The molecule has 0 aliphatic rings. The van der Waals surface area contributed by atoms with Crippen LogP contribution in [0.4, 0.5) is 5.69 Å². The zero-order chi connectivity index (χ0) is 21.7. The van der Waals surface area contributed by atoms with Gasteiger partial charge in [-0.3, -0.25) is 9.10 Å². The summed E-state index contributed by atoms with van der Waals surface area (Å²) < 4.78 is 27.5. The molecule has 8 heteroatoms. The SMILES string of the molecule is CC(C)c1ccc(N(CC(=O)NCc2ccc(-n3ccnc3)cc2)S(C)(=O)=O)cc1. The van der Waals surface area contributed by atoms with E-state index in [-0.39, 0.29) is 12.5 Å². The van der Waals surface area contributed by atoms with Gasteiger partial charge in [-0.05, 0) is 41.3 Å². The molecule has 3 rings (SSSR count). The predicted molar refractivity (Wildman–Crippen MR) is 118 cm³/mol. The molecule has 0 aliphatic carbocycles. The fourth-order valence-electron chi connectivity index (χ4n) is 3.01. The third-order valence-electron chi connectivity index (χ3n) is 4.76. The summed E-state index contributed by atoms with van der Waals surface area (Å²) in [7, 11) is -3.60. The van der Waals surface area contributed by atoms with Crippen LogP contribution >= 0.6 is 0 Å². The van der Waals surface area contributed by atoms with Crippen molar-refractivity contribution in [1.82, 2.24) is 14.9 Å². The number of sulfonamides is 1. The molecule has 30 heavy (non-hydrogen) atoms. The van der Waals surface area contributed by atoms with E-state index in [1.54, 1.807) is 24.7 Å². The number of imidazole rings is 1. The molecule has 0 bridgehead atoms. The molecule has 7 nitrogen and oxygen atoms in total. The van der Waals surface area contributed by atoms with Crippen LogP contribution in [0.2, 0.25) is 0 Å². The fourth-order valence-corrected chi connectivity index (χ4v) is 3.87. The lowest BCUT2D eigenvalue weighted by molar-refractivity contribution is -0.119. The number of carbonyl (C=O) groups excluding carboxylic acids is 1. The molecule has 3 aromatic rings. The van der Waals surface area contributed by atoms with E-state index in [0.29, 0.717) is 18.2 Å². The molecule has 0 spiro atoms. The van der Waals surface area contributed by atoms with Gasteiger partial charge in [-0.1, -0.05) is 38.1 Å². The maximum atomic E-state index is 12.4. The summed E-state index contributed by atoms with van der Waals surface area (Å²) in [6.45, 7) is 4.18. The smallest absolute Gasteiger partial charge is 0.241 e. The summed E-state index contributed by atoms with van der Waals surface area (Å²) in [5, 5.41) is 2.79. The van der Waals surface area contributed by atoms with Crippen molar-refractivity contribution in [2.24, 2.45) is 0 Å². The van der Waals surface area contributed by atoms with Crippen molar-refractivity contribution in [1.29, 1.82) is 0 Å². The monoisotopic (exact) mass is 426 g/mol. The van der Waals surface area contributed by atoms with Crippen LogP contribution in [0.15, 0.2) is 67.3 Å². The van der Waals surface area contributed by atoms with Gasteiger partial charge in [-0.15, -0.1) is 0 Å². The van der Waals surface area contributed by atoms with Crippen LogP contribution in [0, 0.1) is 0 Å². The molecule has 0 saturated heterocycles. The van der Waals surface area contributed by atoms with Gasteiger partial charge in [0.1, 0.15) is 6.54 Å². The molecule has 0 atom stereocenters. The Hall–Kier alpha value is -3.13. The number of benzene rings is 2. The van der Waals surface area contributed by atoms with Crippen LogP contribution in [-0.2, 0) is 21.4 Å². The molecule has 0 saturated carbocycles. The molecule has 0 radical (unpaired) electrons. The lowest BCUT2D eigenvalue weighted by Crippen LogP contribution is -2.40. The molecule has 1 aromatic heterocycles. The number of nitrogens with zero attached hydrogens (tertiary/aromatic N) is 3. The van der Waals surface area contributed by atoms with Crippen LogP contribution in [0.1, 0.15) is 30.9 Å². The Morgan fingerprint density at radius 3 is 2.30 bits per heavy atom. The average Bonchev–Trinajstić information content (AvgIpc) is 3.25. The summed E-state index contributed by atoms with van der Waals surface area (Å²) in [6.07, 6.45) is 6.37. The second-order valence-electron chi connectivity index (χ2n) is 7.43. The van der Waals surface area contributed by atoms with Gasteiger partial charge in [0.15, 0.2) is 0 Å². The van der Waals surface area contributed by atoms with Crippen molar-refractivity contribution < 1.29 is 13.2 Å². The van der Waals surface area contributed by atoms with Crippen LogP contribution in [0.25, 0.3) is 5.69 Å². The van der Waals surface area contributed by atoms with E-state index in [0.717, 1.165) is 27.4 Å². The molecule has 0 unspecified atom stereocenters. The maximum absolute atomic E-state index is 12.4. The molecular weight excluding hydrogens is 400 g/mol. The maximum Gasteiger partial charge on any atom is 0.241 e. The summed E-state index contributed by atoms with van der Waals surface area (Å²) in [4.78, 5) is 16.5. The van der Waals surface area contributed by atoms with Gasteiger partial charge in [0.05, 0.1) is 18.3 Å². The standard InChI is InChI=1S/C22H26N4O3S/c1-17(2)19-6-10-21(11-7-19)26(30(3,28)29)15-22(27)24-14-18-4-8-20(9-5-18)25-13-12-23-16-25/h4-13,16-17H,14-15H2,1-3H3,(H,24,27). The van der Waals surface area contributed by atoms with Crippen molar-refractivity contribution >= 4 is 21.6 Å². The Labute approximate surface area is 177 Å². The van der Waals surface area contributed by atoms with E-state index in [9.17, 15) is 13.2 Å². The molecule has 1 heterocycles. The first-order chi connectivity index (χ1) is 14.2. The lowest BCUT2D eigenvalue weighted by atomic mass is 10.0. The Morgan fingerprint density at radius 1 is 1.10 bits per heavy atom. The topological polar surface area (TPSA) is 84.3 Å². The molecule has 0 fully saturated rings. The minimum Gasteiger partial charge on any atom is -0.350 e. The van der Waals surface area contributed by atoms with Gasteiger partial charge in [0.2, 0.25) is 15.9 Å². The van der Waals surface area contributed by atoms with E-state index in [1.165, 1.54) is 0 Å². The number of hydrogen-bond donors (Lipinski definition) is 1. The Morgan fingerprint density at radius 2 is 1.77 bits per heavy atom. The number of amides is 1. The molecule has 158 valence electrons. The van der Waals surface area contributed by atoms with Crippen molar-refractivity contribution in [2.45, 2.75) is 26.3 Å². The third-order valence-corrected chi connectivity index (χ3v) is 5.90. The normalized spacial score (nSPS) is 11.5. The highest BCUT2D eigenvalue weighted by molar-refractivity contribution is 7.92. The van der Waals surface area contributed by atoms with Crippen LogP contribution in [0.3, 0.4) is 0 Å². The Bertz CT molecular complexity index is 1070. The largest absolute Gasteiger partial charge is 0.350 e. The third kappa shape index (κ3) is 5.48. The first kappa shape index (κ1) is 21.6. The Kier molecular flexibility index (Phi) is 6.56. The summed E-state index contributed by atoms with van der Waals surface area (Å²) >= 11 is 0. The number of hydrogen-bond acceptors (Lipinski definition) is 4. The van der Waals surface area contributed by atoms with E-state index >= 15 is 0 Å². The zero-order valence-electron chi connectivity index (χ0n) is 17.3. The average molecular weight is 427 g/mol. The van der Waals surface area contributed by atoms with Crippen molar-refractivity contribution in [3.8, 4) is 5.69 Å². The van der Waals surface area contributed by atoms with Gasteiger partial charge < -0.3 is 9.88 Å². The van der Waals surface area contributed by atoms with Crippen molar-refractivity contribution in [2.75, 3.05) is 17.1 Å². The minimum atomic E-state index is -3.60. The van der Waals surface area contributed by atoms with Gasteiger partial charge in [0, 0.05) is 24.6 Å². The second-order valence-corrected chi connectivity index (χ2v) is 9.34. The molecule has 2 aromatic carbocycles. The van der Waals surface area contributed by atoms with Crippen LogP contribution in [0.5, 0.6) is 0 Å².